The van der Waals surface area contributed by atoms with Crippen molar-refractivity contribution in [2.24, 2.45) is 0 Å². The Balaban J connectivity index is 1.87. The molecule has 0 atom stereocenters. The summed E-state index contributed by atoms with van der Waals surface area (Å²) in [6.07, 6.45) is 3.54. The molecule has 7 heteroatoms. The third-order valence-electron chi connectivity index (χ3n) is 3.35. The smallest absolute Gasteiger partial charge is 0.213 e. The van der Waals surface area contributed by atoms with Gasteiger partial charge in [-0.05, 0) is 44.6 Å². The van der Waals surface area contributed by atoms with Crippen molar-refractivity contribution in [3.8, 4) is 10.7 Å². The minimum atomic E-state index is 0.492. The molecule has 102 valence electrons. The Morgan fingerprint density at radius 3 is 2.68 bits per heavy atom. The summed E-state index contributed by atoms with van der Waals surface area (Å²) in [6.45, 7) is 5.48. The highest BCUT2D eigenvalue weighted by atomic mass is 32.1. The van der Waals surface area contributed by atoms with Crippen molar-refractivity contribution < 1.29 is 0 Å². The quantitative estimate of drug-likeness (QED) is 0.852. The van der Waals surface area contributed by atoms with Crippen molar-refractivity contribution in [3.05, 3.63) is 15.5 Å². The van der Waals surface area contributed by atoms with E-state index in [1.165, 1.54) is 30.9 Å². The second-order valence-corrected chi connectivity index (χ2v) is 6.21. The molecular formula is C12H17N5S2. The predicted octanol–water partition coefficient (Wildman–Crippen LogP) is 2.75. The molecule has 2 aromatic rings. The van der Waals surface area contributed by atoms with Crippen LogP contribution in [-0.4, -0.2) is 38.2 Å². The average molecular weight is 295 g/mol. The first-order valence-electron chi connectivity index (χ1n) is 6.62. The number of aromatic nitrogens is 4. The largest absolute Gasteiger partial charge is 0.297 e. The summed E-state index contributed by atoms with van der Waals surface area (Å²) in [6, 6.07) is 0. The first-order chi connectivity index (χ1) is 9.26. The van der Waals surface area contributed by atoms with E-state index in [1.54, 1.807) is 11.3 Å². The highest BCUT2D eigenvalue weighted by Gasteiger charge is 2.18. The van der Waals surface area contributed by atoms with Gasteiger partial charge in [0.15, 0.2) is 5.82 Å². The molecule has 1 aliphatic rings. The first kappa shape index (κ1) is 13.0. The number of rotatable bonds is 4. The normalized spacial score (nSPS) is 16.3. The van der Waals surface area contributed by atoms with Gasteiger partial charge in [0.25, 0.3) is 0 Å². The lowest BCUT2D eigenvalue weighted by Gasteiger charge is -2.11. The van der Waals surface area contributed by atoms with Gasteiger partial charge in [0, 0.05) is 0 Å². The number of thiazole rings is 1. The fourth-order valence-corrected chi connectivity index (χ4v) is 3.68. The van der Waals surface area contributed by atoms with E-state index in [0.29, 0.717) is 4.77 Å². The Hall–Kier alpha value is -1.05. The molecule has 0 radical (unpaired) electrons. The van der Waals surface area contributed by atoms with Crippen LogP contribution in [0.5, 0.6) is 0 Å². The van der Waals surface area contributed by atoms with Gasteiger partial charge >= 0.3 is 0 Å². The molecule has 0 aromatic carbocycles. The van der Waals surface area contributed by atoms with Crippen molar-refractivity contribution in [3.63, 3.8) is 0 Å². The predicted molar refractivity (Wildman–Crippen MR) is 78.8 cm³/mol. The molecule has 2 aromatic heterocycles. The van der Waals surface area contributed by atoms with Gasteiger partial charge in [0.2, 0.25) is 4.77 Å². The van der Waals surface area contributed by atoms with Gasteiger partial charge in [-0.15, -0.1) is 11.3 Å². The van der Waals surface area contributed by atoms with Gasteiger partial charge in [-0.1, -0.05) is 6.92 Å². The van der Waals surface area contributed by atoms with E-state index in [-0.39, 0.29) is 0 Å². The van der Waals surface area contributed by atoms with Crippen molar-refractivity contribution in [1.29, 1.82) is 0 Å². The molecule has 0 saturated carbocycles. The average Bonchev–Trinajstić information content (AvgIpc) is 3.10. The Labute approximate surface area is 121 Å². The van der Waals surface area contributed by atoms with E-state index in [9.17, 15) is 0 Å². The molecule has 1 fully saturated rings. The van der Waals surface area contributed by atoms with E-state index in [4.69, 9.17) is 17.2 Å². The first-order valence-corrected chi connectivity index (χ1v) is 7.84. The van der Waals surface area contributed by atoms with Gasteiger partial charge in [0.1, 0.15) is 5.01 Å². The van der Waals surface area contributed by atoms with Crippen LogP contribution in [0, 0.1) is 4.77 Å². The molecule has 5 nitrogen and oxygen atoms in total. The van der Waals surface area contributed by atoms with Crippen LogP contribution < -0.4 is 0 Å². The second kappa shape index (κ2) is 5.52. The molecular weight excluding hydrogens is 278 g/mol. The van der Waals surface area contributed by atoms with E-state index >= 15 is 0 Å². The molecule has 0 unspecified atom stereocenters. The number of likely N-dealkylation sites (tertiary alicyclic amines) is 1. The number of aryl methyl sites for hydroxylation is 1. The standard InChI is InChI=1S/C12H17N5S2/c1-2-8-10(11-14-12(18)16-15-11)19-9(13-8)7-17-5-3-4-6-17/h2-7H2,1H3,(H2,14,15,16,18). The molecule has 19 heavy (non-hydrogen) atoms. The summed E-state index contributed by atoms with van der Waals surface area (Å²) < 4.78 is 0.492. The highest BCUT2D eigenvalue weighted by molar-refractivity contribution is 7.71. The SMILES string of the molecule is CCc1nc(CN2CCCC2)sc1-c1nc(=S)[nH][nH]1. The lowest BCUT2D eigenvalue weighted by atomic mass is 10.3. The molecule has 1 saturated heterocycles. The Kier molecular flexibility index (Phi) is 3.76. The minimum absolute atomic E-state index is 0.492. The van der Waals surface area contributed by atoms with E-state index in [0.717, 1.165) is 29.4 Å². The summed E-state index contributed by atoms with van der Waals surface area (Å²) in [7, 11) is 0. The minimum Gasteiger partial charge on any atom is -0.297 e. The monoisotopic (exact) mass is 295 g/mol. The Bertz CT molecular complexity index is 606. The van der Waals surface area contributed by atoms with Crippen LogP contribution in [0.4, 0.5) is 0 Å². The van der Waals surface area contributed by atoms with Gasteiger partial charge in [-0.3, -0.25) is 15.1 Å². The van der Waals surface area contributed by atoms with Crippen LogP contribution in [-0.2, 0) is 13.0 Å². The summed E-state index contributed by atoms with van der Waals surface area (Å²) in [5.74, 6) is 0.812. The maximum absolute atomic E-state index is 5.01. The van der Waals surface area contributed by atoms with Crippen LogP contribution in [0.1, 0.15) is 30.5 Å². The summed E-state index contributed by atoms with van der Waals surface area (Å²) in [4.78, 5) is 12.6. The molecule has 0 amide bonds. The molecule has 3 heterocycles. The molecule has 0 bridgehead atoms. The molecule has 2 N–H and O–H groups in total. The van der Waals surface area contributed by atoms with Crippen LogP contribution in [0.15, 0.2) is 0 Å². The van der Waals surface area contributed by atoms with E-state index in [2.05, 4.69) is 27.0 Å². The zero-order valence-electron chi connectivity index (χ0n) is 10.9. The lowest BCUT2D eigenvalue weighted by molar-refractivity contribution is 0.330. The van der Waals surface area contributed by atoms with Gasteiger partial charge in [-0.2, -0.15) is 4.98 Å². The number of nitrogens with one attached hydrogen (secondary N) is 2. The van der Waals surface area contributed by atoms with E-state index in [1.807, 2.05) is 0 Å². The lowest BCUT2D eigenvalue weighted by Crippen LogP contribution is -2.18. The zero-order chi connectivity index (χ0) is 13.2. The molecule has 3 rings (SSSR count). The van der Waals surface area contributed by atoms with Crippen LogP contribution >= 0.6 is 23.6 Å². The van der Waals surface area contributed by atoms with Crippen molar-refractivity contribution >= 4 is 23.6 Å². The summed E-state index contributed by atoms with van der Waals surface area (Å²) >= 11 is 6.74. The summed E-state index contributed by atoms with van der Waals surface area (Å²) in [5, 5.41) is 7.04. The maximum Gasteiger partial charge on any atom is 0.213 e. The maximum atomic E-state index is 5.01. The number of aromatic amines is 2. The third-order valence-corrected chi connectivity index (χ3v) is 4.63. The van der Waals surface area contributed by atoms with Crippen molar-refractivity contribution in [2.75, 3.05) is 13.1 Å². The summed E-state index contributed by atoms with van der Waals surface area (Å²) in [5.41, 5.74) is 1.11. The molecule has 1 aliphatic heterocycles. The number of H-pyrrole nitrogens is 2. The van der Waals surface area contributed by atoms with E-state index < -0.39 is 0 Å². The van der Waals surface area contributed by atoms with Crippen LogP contribution in [0.3, 0.4) is 0 Å². The van der Waals surface area contributed by atoms with Gasteiger partial charge < -0.3 is 0 Å². The Morgan fingerprint density at radius 1 is 1.26 bits per heavy atom. The van der Waals surface area contributed by atoms with Crippen molar-refractivity contribution in [1.82, 2.24) is 25.1 Å². The molecule has 0 aliphatic carbocycles. The number of hydrogen-bond acceptors (Lipinski definition) is 5. The number of hydrogen-bond donors (Lipinski definition) is 2. The second-order valence-electron chi connectivity index (χ2n) is 4.74. The zero-order valence-corrected chi connectivity index (χ0v) is 12.5. The van der Waals surface area contributed by atoms with Gasteiger partial charge in [-0.25, -0.2) is 4.98 Å². The van der Waals surface area contributed by atoms with Crippen molar-refractivity contribution in [2.45, 2.75) is 32.7 Å². The fourth-order valence-electron chi connectivity index (χ4n) is 2.40. The van der Waals surface area contributed by atoms with Crippen LogP contribution in [0.2, 0.25) is 0 Å². The highest BCUT2D eigenvalue weighted by Crippen LogP contribution is 2.29. The van der Waals surface area contributed by atoms with Gasteiger partial charge in [0.05, 0.1) is 17.1 Å². The molecule has 0 spiro atoms. The topological polar surface area (TPSA) is 60.6 Å². The number of nitrogens with zero attached hydrogens (tertiary/aromatic N) is 3. The Morgan fingerprint density at radius 2 is 2.05 bits per heavy atom. The fraction of sp³-hybridized carbons (Fsp3) is 0.583. The third kappa shape index (κ3) is 2.77. The van der Waals surface area contributed by atoms with Crippen LogP contribution in [0.25, 0.3) is 10.7 Å².